The lowest BCUT2D eigenvalue weighted by atomic mass is 10.2. The van der Waals surface area contributed by atoms with E-state index < -0.39 is 0 Å². The number of ether oxygens (including phenoxy) is 1. The maximum absolute atomic E-state index is 13.0. The van der Waals surface area contributed by atoms with Crippen molar-refractivity contribution in [2.75, 3.05) is 44.8 Å². The van der Waals surface area contributed by atoms with E-state index in [4.69, 9.17) is 9.72 Å². The standard InChI is InChI=1S/C17H22FN3OS/c1-13(11-22-2)20-7-9-21(10-8-20)17-19-16(12-23-17)14-3-5-15(18)6-4-14/h3-6,12-13H,7-11H2,1-2H3. The minimum absolute atomic E-state index is 0.217. The van der Waals surface area contributed by atoms with Crippen LogP contribution in [0.15, 0.2) is 29.6 Å². The number of anilines is 1. The van der Waals surface area contributed by atoms with Crippen LogP contribution in [-0.4, -0.2) is 55.8 Å². The first kappa shape index (κ1) is 16.4. The van der Waals surface area contributed by atoms with Crippen molar-refractivity contribution in [3.63, 3.8) is 0 Å². The largest absolute Gasteiger partial charge is 0.383 e. The van der Waals surface area contributed by atoms with Gasteiger partial charge in [-0.1, -0.05) is 0 Å². The van der Waals surface area contributed by atoms with Gasteiger partial charge in [-0.3, -0.25) is 4.90 Å². The Hall–Kier alpha value is -1.50. The Morgan fingerprint density at radius 2 is 1.91 bits per heavy atom. The van der Waals surface area contributed by atoms with Crippen LogP contribution in [0, 0.1) is 5.82 Å². The number of piperazine rings is 1. The number of hydrogen-bond acceptors (Lipinski definition) is 5. The normalized spacial score (nSPS) is 17.4. The van der Waals surface area contributed by atoms with Crippen molar-refractivity contribution in [2.24, 2.45) is 0 Å². The van der Waals surface area contributed by atoms with Gasteiger partial charge in [0.1, 0.15) is 5.82 Å². The molecule has 1 aliphatic rings. The number of hydrogen-bond donors (Lipinski definition) is 0. The Balaban J connectivity index is 1.62. The predicted octanol–water partition coefficient (Wildman–Crippen LogP) is 3.11. The highest BCUT2D eigenvalue weighted by Crippen LogP contribution is 2.28. The molecule has 3 rings (SSSR count). The van der Waals surface area contributed by atoms with E-state index >= 15 is 0 Å². The Morgan fingerprint density at radius 1 is 1.22 bits per heavy atom. The predicted molar refractivity (Wildman–Crippen MR) is 92.6 cm³/mol. The average molecular weight is 335 g/mol. The first-order chi connectivity index (χ1) is 11.2. The van der Waals surface area contributed by atoms with E-state index in [1.807, 2.05) is 5.38 Å². The molecule has 1 aromatic heterocycles. The van der Waals surface area contributed by atoms with Crippen molar-refractivity contribution in [3.05, 3.63) is 35.5 Å². The smallest absolute Gasteiger partial charge is 0.185 e. The molecule has 0 saturated carbocycles. The van der Waals surface area contributed by atoms with E-state index in [2.05, 4.69) is 16.7 Å². The summed E-state index contributed by atoms with van der Waals surface area (Å²) in [6.07, 6.45) is 0. The summed E-state index contributed by atoms with van der Waals surface area (Å²) in [5.74, 6) is -0.217. The van der Waals surface area contributed by atoms with Crippen molar-refractivity contribution in [1.29, 1.82) is 0 Å². The molecule has 0 bridgehead atoms. The fourth-order valence-corrected chi connectivity index (χ4v) is 3.75. The molecule has 1 saturated heterocycles. The summed E-state index contributed by atoms with van der Waals surface area (Å²) in [7, 11) is 1.75. The van der Waals surface area contributed by atoms with E-state index in [9.17, 15) is 4.39 Å². The van der Waals surface area contributed by atoms with Crippen molar-refractivity contribution in [1.82, 2.24) is 9.88 Å². The summed E-state index contributed by atoms with van der Waals surface area (Å²) in [5.41, 5.74) is 1.88. The van der Waals surface area contributed by atoms with Gasteiger partial charge in [-0.05, 0) is 31.2 Å². The second-order valence-corrected chi connectivity index (χ2v) is 6.69. The van der Waals surface area contributed by atoms with E-state index in [1.54, 1.807) is 30.6 Å². The summed E-state index contributed by atoms with van der Waals surface area (Å²) in [6.45, 7) is 6.97. The molecular formula is C17H22FN3OS. The van der Waals surface area contributed by atoms with Crippen molar-refractivity contribution in [2.45, 2.75) is 13.0 Å². The third kappa shape index (κ3) is 3.88. The minimum atomic E-state index is -0.217. The first-order valence-electron chi connectivity index (χ1n) is 7.87. The van der Waals surface area contributed by atoms with Crippen LogP contribution >= 0.6 is 11.3 Å². The molecule has 0 radical (unpaired) electrons. The molecule has 1 aliphatic heterocycles. The molecule has 124 valence electrons. The fraction of sp³-hybridized carbons (Fsp3) is 0.471. The van der Waals surface area contributed by atoms with Crippen LogP contribution in [0.5, 0.6) is 0 Å². The molecule has 0 aliphatic carbocycles. The molecule has 2 aromatic rings. The molecule has 1 aromatic carbocycles. The monoisotopic (exact) mass is 335 g/mol. The summed E-state index contributed by atoms with van der Waals surface area (Å²) in [5, 5.41) is 3.09. The average Bonchev–Trinajstić information content (AvgIpc) is 3.06. The number of nitrogens with zero attached hydrogens (tertiary/aromatic N) is 3. The third-order valence-electron chi connectivity index (χ3n) is 4.25. The molecule has 2 heterocycles. The minimum Gasteiger partial charge on any atom is -0.383 e. The van der Waals surface area contributed by atoms with Gasteiger partial charge >= 0.3 is 0 Å². The Morgan fingerprint density at radius 3 is 2.57 bits per heavy atom. The lowest BCUT2D eigenvalue weighted by molar-refractivity contribution is 0.0953. The van der Waals surface area contributed by atoms with Crippen molar-refractivity contribution < 1.29 is 9.13 Å². The molecule has 0 N–H and O–H groups in total. The van der Waals surface area contributed by atoms with Crippen molar-refractivity contribution in [3.8, 4) is 11.3 Å². The van der Waals surface area contributed by atoms with Gasteiger partial charge in [0, 0.05) is 50.3 Å². The number of rotatable bonds is 5. The van der Waals surface area contributed by atoms with E-state index in [0.29, 0.717) is 6.04 Å². The Labute approximate surface area is 140 Å². The van der Waals surface area contributed by atoms with E-state index in [0.717, 1.165) is 49.2 Å². The highest BCUT2D eigenvalue weighted by molar-refractivity contribution is 7.14. The summed E-state index contributed by atoms with van der Waals surface area (Å²) < 4.78 is 18.3. The topological polar surface area (TPSA) is 28.6 Å². The molecule has 0 spiro atoms. The van der Waals surface area contributed by atoms with Crippen LogP contribution in [0.2, 0.25) is 0 Å². The van der Waals surface area contributed by atoms with Gasteiger partial charge in [-0.2, -0.15) is 0 Å². The second-order valence-electron chi connectivity index (χ2n) is 5.85. The van der Waals surface area contributed by atoms with Crippen LogP contribution in [0.3, 0.4) is 0 Å². The van der Waals surface area contributed by atoms with E-state index in [1.165, 1.54) is 12.1 Å². The second kappa shape index (κ2) is 7.38. The highest BCUT2D eigenvalue weighted by atomic mass is 32.1. The SMILES string of the molecule is COCC(C)N1CCN(c2nc(-c3ccc(F)cc3)cs2)CC1. The Kier molecular flexibility index (Phi) is 5.25. The van der Waals surface area contributed by atoms with Crippen LogP contribution in [0.4, 0.5) is 9.52 Å². The summed E-state index contributed by atoms with van der Waals surface area (Å²) >= 11 is 1.65. The zero-order valence-corrected chi connectivity index (χ0v) is 14.4. The first-order valence-corrected chi connectivity index (χ1v) is 8.74. The van der Waals surface area contributed by atoms with Gasteiger partial charge in [0.15, 0.2) is 5.13 Å². The molecule has 6 heteroatoms. The van der Waals surface area contributed by atoms with Gasteiger partial charge in [0.2, 0.25) is 0 Å². The van der Waals surface area contributed by atoms with Gasteiger partial charge in [0.25, 0.3) is 0 Å². The van der Waals surface area contributed by atoms with Gasteiger partial charge in [-0.25, -0.2) is 9.37 Å². The number of thiazole rings is 1. The van der Waals surface area contributed by atoms with Crippen LogP contribution < -0.4 is 4.90 Å². The number of aromatic nitrogens is 1. The zero-order valence-electron chi connectivity index (χ0n) is 13.5. The Bertz CT molecular complexity index is 623. The lowest BCUT2D eigenvalue weighted by Gasteiger charge is -2.37. The molecule has 23 heavy (non-hydrogen) atoms. The third-order valence-corrected chi connectivity index (χ3v) is 5.15. The fourth-order valence-electron chi connectivity index (χ4n) is 2.86. The van der Waals surface area contributed by atoms with Crippen LogP contribution in [0.25, 0.3) is 11.3 Å². The summed E-state index contributed by atoms with van der Waals surface area (Å²) in [4.78, 5) is 9.50. The lowest BCUT2D eigenvalue weighted by Crippen LogP contribution is -2.50. The zero-order chi connectivity index (χ0) is 16.2. The number of benzene rings is 1. The maximum atomic E-state index is 13.0. The number of halogens is 1. The molecular weight excluding hydrogens is 313 g/mol. The van der Waals surface area contributed by atoms with E-state index in [-0.39, 0.29) is 5.82 Å². The van der Waals surface area contributed by atoms with Gasteiger partial charge in [-0.15, -0.1) is 11.3 Å². The molecule has 4 nitrogen and oxygen atoms in total. The quantitative estimate of drug-likeness (QED) is 0.839. The molecule has 1 fully saturated rings. The maximum Gasteiger partial charge on any atom is 0.185 e. The van der Waals surface area contributed by atoms with Crippen molar-refractivity contribution >= 4 is 16.5 Å². The van der Waals surface area contributed by atoms with Crippen LogP contribution in [-0.2, 0) is 4.74 Å². The number of methoxy groups -OCH3 is 1. The van der Waals surface area contributed by atoms with Gasteiger partial charge < -0.3 is 9.64 Å². The molecule has 1 atom stereocenters. The molecule has 0 amide bonds. The molecule has 1 unspecified atom stereocenters. The van der Waals surface area contributed by atoms with Gasteiger partial charge in [0.05, 0.1) is 12.3 Å². The highest BCUT2D eigenvalue weighted by Gasteiger charge is 2.22. The summed E-state index contributed by atoms with van der Waals surface area (Å²) in [6, 6.07) is 6.96. The van der Waals surface area contributed by atoms with Crippen LogP contribution in [0.1, 0.15) is 6.92 Å².